The molecule has 0 radical (unpaired) electrons. The maximum Gasteiger partial charge on any atom is 0.143 e. The van der Waals surface area contributed by atoms with Crippen LogP contribution in [-0.2, 0) is 7.05 Å². The van der Waals surface area contributed by atoms with Gasteiger partial charge in [-0.05, 0) is 47.5 Å². The van der Waals surface area contributed by atoms with E-state index in [2.05, 4.69) is 33.5 Å². The molecule has 0 aliphatic carbocycles. The summed E-state index contributed by atoms with van der Waals surface area (Å²) in [5, 5.41) is 1.15. The summed E-state index contributed by atoms with van der Waals surface area (Å²) < 4.78 is 8.62. The molecule has 1 atom stereocenters. The van der Waals surface area contributed by atoms with Crippen molar-refractivity contribution >= 4 is 26.8 Å². The minimum atomic E-state index is -0.0215. The SMILES string of the molecule is COc1cc(C)cc2c(Br)c(C(C)N)n(C)c12. The molecule has 2 aromatic rings. The lowest BCUT2D eigenvalue weighted by atomic mass is 10.1. The molecule has 0 aliphatic rings. The van der Waals surface area contributed by atoms with Crippen LogP contribution in [0.1, 0.15) is 24.2 Å². The molecule has 4 heteroatoms. The van der Waals surface area contributed by atoms with Gasteiger partial charge in [-0.1, -0.05) is 0 Å². The number of halogens is 1. The van der Waals surface area contributed by atoms with Crippen molar-refractivity contribution in [1.82, 2.24) is 4.57 Å². The summed E-state index contributed by atoms with van der Waals surface area (Å²) in [5.74, 6) is 0.884. The zero-order valence-electron chi connectivity index (χ0n) is 10.5. The van der Waals surface area contributed by atoms with Crippen LogP contribution in [0.25, 0.3) is 10.9 Å². The molecule has 0 saturated carbocycles. The van der Waals surface area contributed by atoms with Crippen LogP contribution in [-0.4, -0.2) is 11.7 Å². The lowest BCUT2D eigenvalue weighted by Crippen LogP contribution is -2.10. The Kier molecular flexibility index (Phi) is 3.19. The number of methoxy groups -OCH3 is 1. The van der Waals surface area contributed by atoms with E-state index in [0.717, 1.165) is 26.8 Å². The first kappa shape index (κ1) is 12.5. The van der Waals surface area contributed by atoms with Crippen LogP contribution >= 0.6 is 15.9 Å². The number of hydrogen-bond acceptors (Lipinski definition) is 2. The maximum absolute atomic E-state index is 6.02. The predicted molar refractivity (Wildman–Crippen MR) is 74.5 cm³/mol. The van der Waals surface area contributed by atoms with Gasteiger partial charge in [-0.25, -0.2) is 0 Å². The van der Waals surface area contributed by atoms with Gasteiger partial charge in [-0.15, -0.1) is 0 Å². The van der Waals surface area contributed by atoms with Gasteiger partial charge in [0, 0.05) is 28.6 Å². The maximum atomic E-state index is 6.02. The van der Waals surface area contributed by atoms with Crippen molar-refractivity contribution in [1.29, 1.82) is 0 Å². The van der Waals surface area contributed by atoms with Crippen molar-refractivity contribution in [2.75, 3.05) is 7.11 Å². The van der Waals surface area contributed by atoms with E-state index in [4.69, 9.17) is 10.5 Å². The average molecular weight is 297 g/mol. The zero-order valence-corrected chi connectivity index (χ0v) is 12.1. The third-order valence-electron chi connectivity index (χ3n) is 3.03. The molecule has 1 aromatic heterocycles. The summed E-state index contributed by atoms with van der Waals surface area (Å²) in [5.41, 5.74) is 9.36. The number of fused-ring (bicyclic) bond motifs is 1. The smallest absolute Gasteiger partial charge is 0.143 e. The van der Waals surface area contributed by atoms with E-state index in [1.165, 1.54) is 5.56 Å². The average Bonchev–Trinajstić information content (AvgIpc) is 2.50. The van der Waals surface area contributed by atoms with Crippen molar-refractivity contribution < 1.29 is 4.74 Å². The molecule has 0 saturated heterocycles. The summed E-state index contributed by atoms with van der Waals surface area (Å²) >= 11 is 3.64. The Morgan fingerprint density at radius 1 is 1.41 bits per heavy atom. The summed E-state index contributed by atoms with van der Waals surface area (Å²) in [6, 6.07) is 4.17. The van der Waals surface area contributed by atoms with E-state index in [9.17, 15) is 0 Å². The van der Waals surface area contributed by atoms with E-state index in [1.807, 2.05) is 20.0 Å². The first-order chi connectivity index (χ1) is 7.97. The lowest BCUT2D eigenvalue weighted by Gasteiger charge is -2.10. The highest BCUT2D eigenvalue weighted by molar-refractivity contribution is 9.10. The van der Waals surface area contributed by atoms with Crippen LogP contribution in [0.4, 0.5) is 0 Å². The zero-order chi connectivity index (χ0) is 12.7. The number of ether oxygens (including phenoxy) is 1. The number of aryl methyl sites for hydroxylation is 2. The van der Waals surface area contributed by atoms with E-state index < -0.39 is 0 Å². The van der Waals surface area contributed by atoms with E-state index in [-0.39, 0.29) is 6.04 Å². The summed E-state index contributed by atoms with van der Waals surface area (Å²) in [6.45, 7) is 4.05. The quantitative estimate of drug-likeness (QED) is 0.924. The van der Waals surface area contributed by atoms with Crippen molar-refractivity contribution in [3.8, 4) is 5.75 Å². The topological polar surface area (TPSA) is 40.2 Å². The Labute approximate surface area is 110 Å². The standard InChI is InChI=1S/C13H17BrN2O/c1-7-5-9-11(14)12(8(2)15)16(3)13(9)10(6-7)17-4/h5-6,8H,15H2,1-4H3. The van der Waals surface area contributed by atoms with E-state index in [0.29, 0.717) is 0 Å². The monoisotopic (exact) mass is 296 g/mol. The first-order valence-electron chi connectivity index (χ1n) is 5.55. The first-order valence-corrected chi connectivity index (χ1v) is 6.34. The Morgan fingerprint density at radius 3 is 2.59 bits per heavy atom. The van der Waals surface area contributed by atoms with Gasteiger partial charge >= 0.3 is 0 Å². The van der Waals surface area contributed by atoms with Crippen molar-refractivity contribution in [3.63, 3.8) is 0 Å². The fourth-order valence-corrected chi connectivity index (χ4v) is 3.25. The molecular formula is C13H17BrN2O. The van der Waals surface area contributed by atoms with Crippen LogP contribution < -0.4 is 10.5 Å². The van der Waals surface area contributed by atoms with Gasteiger partial charge in [0.1, 0.15) is 5.75 Å². The summed E-state index contributed by atoms with van der Waals surface area (Å²) in [6.07, 6.45) is 0. The molecule has 1 unspecified atom stereocenters. The molecule has 1 aromatic carbocycles. The van der Waals surface area contributed by atoms with Gasteiger partial charge in [-0.2, -0.15) is 0 Å². The summed E-state index contributed by atoms with van der Waals surface area (Å²) in [4.78, 5) is 0. The second kappa shape index (κ2) is 4.35. The molecule has 17 heavy (non-hydrogen) atoms. The molecule has 0 amide bonds. The normalized spacial score (nSPS) is 13.1. The molecule has 0 spiro atoms. The largest absolute Gasteiger partial charge is 0.495 e. The second-order valence-electron chi connectivity index (χ2n) is 4.41. The minimum Gasteiger partial charge on any atom is -0.495 e. The van der Waals surface area contributed by atoms with Gasteiger partial charge in [0.15, 0.2) is 0 Å². The van der Waals surface area contributed by atoms with Gasteiger partial charge in [0.2, 0.25) is 0 Å². The molecule has 2 N–H and O–H groups in total. The van der Waals surface area contributed by atoms with Gasteiger partial charge in [-0.3, -0.25) is 0 Å². The molecule has 0 fully saturated rings. The summed E-state index contributed by atoms with van der Waals surface area (Å²) in [7, 11) is 3.71. The Morgan fingerprint density at radius 2 is 2.06 bits per heavy atom. The molecule has 92 valence electrons. The lowest BCUT2D eigenvalue weighted by molar-refractivity contribution is 0.417. The predicted octanol–water partition coefficient (Wildman–Crippen LogP) is 3.28. The Bertz CT molecular complexity index is 573. The van der Waals surface area contributed by atoms with Crippen molar-refractivity contribution in [2.24, 2.45) is 12.8 Å². The van der Waals surface area contributed by atoms with Crippen molar-refractivity contribution in [2.45, 2.75) is 19.9 Å². The van der Waals surface area contributed by atoms with Crippen LogP contribution in [0.5, 0.6) is 5.75 Å². The highest BCUT2D eigenvalue weighted by atomic mass is 79.9. The molecular weight excluding hydrogens is 280 g/mol. The van der Waals surface area contributed by atoms with E-state index in [1.54, 1.807) is 7.11 Å². The van der Waals surface area contributed by atoms with Gasteiger partial charge in [0.05, 0.1) is 12.6 Å². The van der Waals surface area contributed by atoms with Crippen LogP contribution in [0.2, 0.25) is 0 Å². The molecule has 1 heterocycles. The van der Waals surface area contributed by atoms with Gasteiger partial charge < -0.3 is 15.0 Å². The fourth-order valence-electron chi connectivity index (χ4n) is 2.33. The Hall–Kier alpha value is -1.00. The number of aromatic nitrogens is 1. The highest BCUT2D eigenvalue weighted by Gasteiger charge is 2.19. The fraction of sp³-hybridized carbons (Fsp3) is 0.385. The van der Waals surface area contributed by atoms with Crippen molar-refractivity contribution in [3.05, 3.63) is 27.9 Å². The minimum absolute atomic E-state index is 0.0215. The third-order valence-corrected chi connectivity index (χ3v) is 3.86. The van der Waals surface area contributed by atoms with Crippen LogP contribution in [0.3, 0.4) is 0 Å². The molecule has 3 nitrogen and oxygen atoms in total. The van der Waals surface area contributed by atoms with Crippen LogP contribution in [0.15, 0.2) is 16.6 Å². The number of benzene rings is 1. The number of nitrogens with zero attached hydrogens (tertiary/aromatic N) is 1. The van der Waals surface area contributed by atoms with Gasteiger partial charge in [0.25, 0.3) is 0 Å². The number of rotatable bonds is 2. The Balaban J connectivity index is 2.92. The molecule has 0 bridgehead atoms. The number of hydrogen-bond donors (Lipinski definition) is 1. The molecule has 2 rings (SSSR count). The van der Waals surface area contributed by atoms with Crippen LogP contribution in [0, 0.1) is 6.92 Å². The van der Waals surface area contributed by atoms with E-state index >= 15 is 0 Å². The molecule has 0 aliphatic heterocycles. The highest BCUT2D eigenvalue weighted by Crippen LogP contribution is 2.38. The number of nitrogens with two attached hydrogens (primary N) is 1. The third kappa shape index (κ3) is 1.85. The second-order valence-corrected chi connectivity index (χ2v) is 5.20.